The summed E-state index contributed by atoms with van der Waals surface area (Å²) in [5.41, 5.74) is 0.183. The summed E-state index contributed by atoms with van der Waals surface area (Å²) < 4.78 is 4.28. The molecule has 0 fully saturated rings. The van der Waals surface area contributed by atoms with E-state index in [0.29, 0.717) is 0 Å². The van der Waals surface area contributed by atoms with Gasteiger partial charge in [0.05, 0.1) is 7.11 Å². The minimum Gasteiger partial charge on any atom is -0.467 e. The molecule has 0 aromatic carbocycles. The highest BCUT2D eigenvalue weighted by Gasteiger charge is 2.27. The van der Waals surface area contributed by atoms with E-state index >= 15 is 0 Å². The Bertz CT molecular complexity index is 379. The van der Waals surface area contributed by atoms with Crippen molar-refractivity contribution in [1.82, 2.24) is 4.98 Å². The van der Waals surface area contributed by atoms with Gasteiger partial charge in [0.2, 0.25) is 0 Å². The average molecular weight is 266 g/mol. The van der Waals surface area contributed by atoms with Crippen molar-refractivity contribution in [3.8, 4) is 0 Å². The largest absolute Gasteiger partial charge is 0.467 e. The highest BCUT2D eigenvalue weighted by Crippen LogP contribution is 2.23. The number of carbonyl (C=O) groups excluding carboxylic acids is 1. The fourth-order valence-corrected chi connectivity index (χ4v) is 1.56. The molecule has 0 spiro atoms. The second kappa shape index (κ2) is 5.45. The zero-order chi connectivity index (χ0) is 12.3. The molecular formula is C9H9Cl2NO4. The number of aliphatic hydroxyl groups excluding tert-OH is 2. The lowest BCUT2D eigenvalue weighted by Crippen LogP contribution is -2.29. The van der Waals surface area contributed by atoms with E-state index in [1.807, 2.05) is 0 Å². The lowest BCUT2D eigenvalue weighted by Gasteiger charge is -2.16. The summed E-state index contributed by atoms with van der Waals surface area (Å²) in [6.45, 7) is 0. The third kappa shape index (κ3) is 3.05. The first-order valence-corrected chi connectivity index (χ1v) is 4.98. The maximum Gasteiger partial charge on any atom is 0.337 e. The van der Waals surface area contributed by atoms with Gasteiger partial charge >= 0.3 is 5.97 Å². The molecule has 0 aliphatic carbocycles. The Morgan fingerprint density at radius 2 is 1.88 bits per heavy atom. The van der Waals surface area contributed by atoms with Crippen LogP contribution in [0.1, 0.15) is 11.7 Å². The first kappa shape index (κ1) is 13.2. The molecule has 1 heterocycles. The molecule has 0 saturated heterocycles. The van der Waals surface area contributed by atoms with Crippen LogP contribution in [0.15, 0.2) is 12.1 Å². The first-order valence-electron chi connectivity index (χ1n) is 4.22. The van der Waals surface area contributed by atoms with Crippen LogP contribution in [0.25, 0.3) is 0 Å². The number of hydrogen-bond acceptors (Lipinski definition) is 5. The highest BCUT2D eigenvalue weighted by molar-refractivity contribution is 6.32. The summed E-state index contributed by atoms with van der Waals surface area (Å²) >= 11 is 11.2. The topological polar surface area (TPSA) is 79.7 Å². The van der Waals surface area contributed by atoms with Gasteiger partial charge in [-0.3, -0.25) is 0 Å². The molecule has 7 heteroatoms. The molecule has 0 saturated carbocycles. The number of halogens is 2. The summed E-state index contributed by atoms with van der Waals surface area (Å²) in [5.74, 6) is -0.948. The molecule has 1 rings (SSSR count). The third-order valence-electron chi connectivity index (χ3n) is 1.87. The lowest BCUT2D eigenvalue weighted by atomic mass is 10.1. The van der Waals surface area contributed by atoms with Gasteiger partial charge in [0.1, 0.15) is 16.4 Å². The molecule has 0 aliphatic rings. The van der Waals surface area contributed by atoms with Crippen LogP contribution < -0.4 is 0 Å². The van der Waals surface area contributed by atoms with Gasteiger partial charge in [-0.1, -0.05) is 23.2 Å². The van der Waals surface area contributed by atoms with E-state index < -0.39 is 18.2 Å². The Hall–Kier alpha value is -0.880. The van der Waals surface area contributed by atoms with Gasteiger partial charge in [-0.2, -0.15) is 0 Å². The van der Waals surface area contributed by atoms with Gasteiger partial charge in [0.25, 0.3) is 0 Å². The van der Waals surface area contributed by atoms with Crippen molar-refractivity contribution in [2.24, 2.45) is 0 Å². The van der Waals surface area contributed by atoms with E-state index in [1.165, 1.54) is 12.1 Å². The molecule has 2 atom stereocenters. The van der Waals surface area contributed by atoms with Crippen LogP contribution in [0.2, 0.25) is 10.3 Å². The fraction of sp³-hybridized carbons (Fsp3) is 0.333. The quantitative estimate of drug-likeness (QED) is 0.629. The van der Waals surface area contributed by atoms with Crippen LogP contribution in [0.5, 0.6) is 0 Å². The smallest absolute Gasteiger partial charge is 0.337 e. The molecule has 5 nitrogen and oxygen atoms in total. The zero-order valence-electron chi connectivity index (χ0n) is 8.22. The predicted molar refractivity (Wildman–Crippen MR) is 57.2 cm³/mol. The van der Waals surface area contributed by atoms with Crippen molar-refractivity contribution in [3.63, 3.8) is 0 Å². The number of pyridine rings is 1. The summed E-state index contributed by atoms with van der Waals surface area (Å²) in [6, 6.07) is 2.59. The second-order valence-electron chi connectivity index (χ2n) is 2.96. The molecule has 0 bridgehead atoms. The zero-order valence-corrected chi connectivity index (χ0v) is 9.74. The highest BCUT2D eigenvalue weighted by atomic mass is 35.5. The third-order valence-corrected chi connectivity index (χ3v) is 2.26. The van der Waals surface area contributed by atoms with Crippen molar-refractivity contribution >= 4 is 29.2 Å². The molecule has 0 amide bonds. The molecule has 2 unspecified atom stereocenters. The van der Waals surface area contributed by atoms with Crippen LogP contribution in [0, 0.1) is 0 Å². The number of aromatic nitrogens is 1. The SMILES string of the molecule is COC(=O)C(O)C(O)c1cc(Cl)nc(Cl)c1. The molecule has 88 valence electrons. The monoisotopic (exact) mass is 265 g/mol. The maximum absolute atomic E-state index is 11.0. The number of rotatable bonds is 3. The standard InChI is InChI=1S/C9H9Cl2NO4/c1-16-9(15)8(14)7(13)4-2-5(10)12-6(11)3-4/h2-3,7-8,13-14H,1H3. The summed E-state index contributed by atoms with van der Waals surface area (Å²) in [4.78, 5) is 14.6. The number of esters is 1. The molecule has 16 heavy (non-hydrogen) atoms. The number of methoxy groups -OCH3 is 1. The maximum atomic E-state index is 11.0. The number of nitrogens with zero attached hydrogens (tertiary/aromatic N) is 1. The number of carbonyl (C=O) groups is 1. The van der Waals surface area contributed by atoms with Gasteiger partial charge < -0.3 is 14.9 Å². The molecule has 1 aromatic rings. The number of ether oxygens (including phenoxy) is 1. The van der Waals surface area contributed by atoms with Gasteiger partial charge in [-0.15, -0.1) is 0 Å². The van der Waals surface area contributed by atoms with Gasteiger partial charge in [-0.25, -0.2) is 9.78 Å². The van der Waals surface area contributed by atoms with E-state index in [9.17, 15) is 15.0 Å². The molecule has 0 aliphatic heterocycles. The fourth-order valence-electron chi connectivity index (χ4n) is 1.09. The minimum atomic E-state index is -1.69. The number of aliphatic hydroxyl groups is 2. The van der Waals surface area contributed by atoms with Gasteiger partial charge in [-0.05, 0) is 17.7 Å². The molecule has 0 radical (unpaired) electrons. The van der Waals surface area contributed by atoms with Gasteiger partial charge in [0.15, 0.2) is 6.10 Å². The van der Waals surface area contributed by atoms with Crippen LogP contribution in [-0.4, -0.2) is 34.4 Å². The molecule has 2 N–H and O–H groups in total. The van der Waals surface area contributed by atoms with Gasteiger partial charge in [0, 0.05) is 0 Å². The summed E-state index contributed by atoms with van der Waals surface area (Å²) in [6.07, 6.45) is -3.16. The van der Waals surface area contributed by atoms with Crippen LogP contribution in [0.3, 0.4) is 0 Å². The Kier molecular flexibility index (Phi) is 4.49. The lowest BCUT2D eigenvalue weighted by molar-refractivity contribution is -0.156. The van der Waals surface area contributed by atoms with Crippen molar-refractivity contribution < 1.29 is 19.7 Å². The van der Waals surface area contributed by atoms with Crippen molar-refractivity contribution in [2.45, 2.75) is 12.2 Å². The molecule has 1 aromatic heterocycles. The molecular weight excluding hydrogens is 257 g/mol. The Morgan fingerprint density at radius 1 is 1.38 bits per heavy atom. The van der Waals surface area contributed by atoms with E-state index in [1.54, 1.807) is 0 Å². The summed E-state index contributed by atoms with van der Waals surface area (Å²) in [7, 11) is 1.10. The van der Waals surface area contributed by atoms with Crippen LogP contribution in [-0.2, 0) is 9.53 Å². The van der Waals surface area contributed by atoms with Crippen molar-refractivity contribution in [3.05, 3.63) is 28.0 Å². The van der Waals surface area contributed by atoms with E-state index in [2.05, 4.69) is 9.72 Å². The van der Waals surface area contributed by atoms with Crippen molar-refractivity contribution in [1.29, 1.82) is 0 Å². The first-order chi connectivity index (χ1) is 7.45. The minimum absolute atomic E-state index is 0.0543. The Labute approximate surface area is 102 Å². The Balaban J connectivity index is 2.95. The number of hydrogen-bond donors (Lipinski definition) is 2. The van der Waals surface area contributed by atoms with Crippen molar-refractivity contribution in [2.75, 3.05) is 7.11 Å². The Morgan fingerprint density at radius 3 is 2.31 bits per heavy atom. The van der Waals surface area contributed by atoms with E-state index in [-0.39, 0.29) is 15.9 Å². The summed E-state index contributed by atoms with van der Waals surface area (Å²) in [5, 5.41) is 19.1. The van der Waals surface area contributed by atoms with E-state index in [4.69, 9.17) is 23.2 Å². The normalized spacial score (nSPS) is 14.3. The second-order valence-corrected chi connectivity index (χ2v) is 3.73. The predicted octanol–water partition coefficient (Wildman–Crippen LogP) is 0.956. The van der Waals surface area contributed by atoms with Crippen LogP contribution in [0.4, 0.5) is 0 Å². The average Bonchev–Trinajstić information content (AvgIpc) is 2.24. The van der Waals surface area contributed by atoms with E-state index in [0.717, 1.165) is 7.11 Å². The van der Waals surface area contributed by atoms with Crippen LogP contribution >= 0.6 is 23.2 Å².